The third-order valence-corrected chi connectivity index (χ3v) is 3.88. The van der Waals surface area contributed by atoms with Crippen molar-refractivity contribution in [1.29, 1.82) is 0 Å². The highest BCUT2D eigenvalue weighted by Gasteiger charge is 2.22. The van der Waals surface area contributed by atoms with Crippen molar-refractivity contribution in [2.75, 3.05) is 0 Å². The predicted octanol–water partition coefficient (Wildman–Crippen LogP) is 3.95. The summed E-state index contributed by atoms with van der Waals surface area (Å²) < 4.78 is 19.3. The number of hydrogen-bond donors (Lipinski definition) is 1. The minimum Gasteiger partial charge on any atom is -0.458 e. The highest BCUT2D eigenvalue weighted by molar-refractivity contribution is 5.78. The summed E-state index contributed by atoms with van der Waals surface area (Å²) in [5.74, 6) is 0.957. The number of fused-ring (bicyclic) bond motifs is 1. The molecule has 1 heterocycles. The van der Waals surface area contributed by atoms with Gasteiger partial charge in [-0.05, 0) is 31.4 Å². The second-order valence-electron chi connectivity index (χ2n) is 5.28. The average Bonchev–Trinajstić information content (AvgIpc) is 2.67. The third kappa shape index (κ3) is 2.15. The van der Waals surface area contributed by atoms with E-state index in [2.05, 4.69) is 0 Å². The molecule has 0 spiro atoms. The van der Waals surface area contributed by atoms with E-state index in [0.717, 1.165) is 30.4 Å². The quantitative estimate of drug-likeness (QED) is 0.775. The summed E-state index contributed by atoms with van der Waals surface area (Å²) in [6, 6.07) is 7.27. The van der Waals surface area contributed by atoms with E-state index in [9.17, 15) is 4.39 Å². The lowest BCUT2D eigenvalue weighted by Crippen LogP contribution is -2.20. The van der Waals surface area contributed by atoms with E-state index < -0.39 is 0 Å². The number of halogens is 1. The van der Waals surface area contributed by atoms with Crippen LogP contribution in [0.2, 0.25) is 0 Å². The van der Waals surface area contributed by atoms with Crippen molar-refractivity contribution >= 4 is 11.0 Å². The van der Waals surface area contributed by atoms with Gasteiger partial charge in [-0.1, -0.05) is 25.0 Å². The summed E-state index contributed by atoms with van der Waals surface area (Å²) >= 11 is 0. The molecule has 2 atom stereocenters. The van der Waals surface area contributed by atoms with Crippen molar-refractivity contribution in [3.63, 3.8) is 0 Å². The van der Waals surface area contributed by atoms with E-state index >= 15 is 0 Å². The molecule has 2 unspecified atom stereocenters. The fourth-order valence-electron chi connectivity index (χ4n) is 2.91. The highest BCUT2D eigenvalue weighted by atomic mass is 19.1. The molecule has 0 saturated heterocycles. The summed E-state index contributed by atoms with van der Waals surface area (Å²) in [5, 5.41) is 0.850. The Labute approximate surface area is 106 Å². The van der Waals surface area contributed by atoms with E-state index in [1.165, 1.54) is 18.9 Å². The van der Waals surface area contributed by atoms with Crippen LogP contribution in [0.15, 0.2) is 28.7 Å². The van der Waals surface area contributed by atoms with Crippen molar-refractivity contribution in [2.45, 2.75) is 44.1 Å². The van der Waals surface area contributed by atoms with Crippen molar-refractivity contribution < 1.29 is 8.81 Å². The number of benzene rings is 1. The van der Waals surface area contributed by atoms with Crippen LogP contribution in [0.5, 0.6) is 0 Å². The topological polar surface area (TPSA) is 39.2 Å². The maximum atomic E-state index is 13.6. The van der Waals surface area contributed by atoms with Gasteiger partial charge in [-0.15, -0.1) is 0 Å². The number of para-hydroxylation sites is 1. The van der Waals surface area contributed by atoms with Gasteiger partial charge in [0.15, 0.2) is 11.4 Å². The minimum absolute atomic E-state index is 0.246. The molecule has 1 aromatic heterocycles. The number of hydrogen-bond acceptors (Lipinski definition) is 2. The van der Waals surface area contributed by atoms with Gasteiger partial charge in [0.05, 0.1) is 0 Å². The molecule has 0 aliphatic heterocycles. The maximum Gasteiger partial charge on any atom is 0.169 e. The summed E-state index contributed by atoms with van der Waals surface area (Å²) in [5.41, 5.74) is 6.45. The Hall–Kier alpha value is -1.35. The van der Waals surface area contributed by atoms with Crippen LogP contribution in [-0.2, 0) is 0 Å². The fraction of sp³-hybridized carbons (Fsp3) is 0.467. The fourth-order valence-corrected chi connectivity index (χ4v) is 2.91. The lowest BCUT2D eigenvalue weighted by Gasteiger charge is -2.14. The standard InChI is InChI=1S/C15H18FNO/c16-13-7-3-5-11-9-14(18-15(11)13)10-4-1-2-6-12(17)8-10/h3,5,7,9-10,12H,1-2,4,6,8,17H2. The first-order valence-corrected chi connectivity index (χ1v) is 6.67. The Bertz CT molecular complexity index is 548. The van der Waals surface area contributed by atoms with Crippen molar-refractivity contribution in [1.82, 2.24) is 0 Å². The molecule has 0 amide bonds. The SMILES string of the molecule is NC1CCCCC(c2cc3cccc(F)c3o2)C1. The molecular weight excluding hydrogens is 229 g/mol. The number of nitrogens with two attached hydrogens (primary N) is 1. The van der Waals surface area contributed by atoms with Gasteiger partial charge < -0.3 is 10.2 Å². The molecule has 1 fully saturated rings. The lowest BCUT2D eigenvalue weighted by atomic mass is 9.95. The normalized spacial score (nSPS) is 25.2. The Morgan fingerprint density at radius 1 is 1.22 bits per heavy atom. The molecule has 1 aromatic carbocycles. The molecule has 1 aliphatic rings. The second kappa shape index (κ2) is 4.73. The first kappa shape index (κ1) is 11.7. The monoisotopic (exact) mass is 247 g/mol. The van der Waals surface area contributed by atoms with E-state index in [-0.39, 0.29) is 11.9 Å². The van der Waals surface area contributed by atoms with Gasteiger partial charge >= 0.3 is 0 Å². The van der Waals surface area contributed by atoms with E-state index in [1.807, 2.05) is 12.1 Å². The van der Waals surface area contributed by atoms with Gasteiger partial charge in [0, 0.05) is 17.3 Å². The summed E-state index contributed by atoms with van der Waals surface area (Å²) in [4.78, 5) is 0. The average molecular weight is 247 g/mol. The third-order valence-electron chi connectivity index (χ3n) is 3.88. The Morgan fingerprint density at radius 2 is 2.06 bits per heavy atom. The van der Waals surface area contributed by atoms with Gasteiger partial charge in [-0.25, -0.2) is 4.39 Å². The first-order valence-electron chi connectivity index (χ1n) is 6.67. The van der Waals surface area contributed by atoms with Gasteiger partial charge in [0.1, 0.15) is 5.76 Å². The smallest absolute Gasteiger partial charge is 0.169 e. The summed E-state index contributed by atoms with van der Waals surface area (Å²) in [7, 11) is 0. The minimum atomic E-state index is -0.281. The van der Waals surface area contributed by atoms with Crippen LogP contribution in [0.25, 0.3) is 11.0 Å². The Balaban J connectivity index is 1.95. The first-order chi connectivity index (χ1) is 8.74. The van der Waals surface area contributed by atoms with Crippen molar-refractivity contribution in [3.05, 3.63) is 35.8 Å². The molecule has 0 radical (unpaired) electrons. The summed E-state index contributed by atoms with van der Waals surface area (Å²) in [6.45, 7) is 0. The van der Waals surface area contributed by atoms with Crippen LogP contribution in [0.3, 0.4) is 0 Å². The van der Waals surface area contributed by atoms with Gasteiger partial charge in [0.25, 0.3) is 0 Å². The predicted molar refractivity (Wildman–Crippen MR) is 70.0 cm³/mol. The zero-order valence-electron chi connectivity index (χ0n) is 10.4. The highest BCUT2D eigenvalue weighted by Crippen LogP contribution is 2.34. The zero-order valence-corrected chi connectivity index (χ0v) is 10.4. The number of rotatable bonds is 1. The van der Waals surface area contributed by atoms with Crippen LogP contribution in [-0.4, -0.2) is 6.04 Å². The Kier molecular flexibility index (Phi) is 3.08. The molecule has 96 valence electrons. The maximum absolute atomic E-state index is 13.6. The number of furan rings is 1. The van der Waals surface area contributed by atoms with Gasteiger partial charge in [0.2, 0.25) is 0 Å². The second-order valence-corrected chi connectivity index (χ2v) is 5.28. The summed E-state index contributed by atoms with van der Waals surface area (Å²) in [6.07, 6.45) is 5.49. The molecule has 2 nitrogen and oxygen atoms in total. The molecule has 3 rings (SSSR count). The van der Waals surface area contributed by atoms with Gasteiger partial charge in [-0.3, -0.25) is 0 Å². The molecule has 2 N–H and O–H groups in total. The molecule has 1 aliphatic carbocycles. The van der Waals surface area contributed by atoms with E-state index in [1.54, 1.807) is 6.07 Å². The Morgan fingerprint density at radius 3 is 2.89 bits per heavy atom. The van der Waals surface area contributed by atoms with Crippen LogP contribution in [0.1, 0.15) is 43.8 Å². The lowest BCUT2D eigenvalue weighted by molar-refractivity contribution is 0.433. The molecule has 18 heavy (non-hydrogen) atoms. The largest absolute Gasteiger partial charge is 0.458 e. The van der Waals surface area contributed by atoms with E-state index in [0.29, 0.717) is 11.5 Å². The van der Waals surface area contributed by atoms with Crippen molar-refractivity contribution in [2.24, 2.45) is 5.73 Å². The molecular formula is C15H18FNO. The molecule has 2 aromatic rings. The van der Waals surface area contributed by atoms with Crippen LogP contribution in [0.4, 0.5) is 4.39 Å². The van der Waals surface area contributed by atoms with Gasteiger partial charge in [-0.2, -0.15) is 0 Å². The van der Waals surface area contributed by atoms with Crippen molar-refractivity contribution in [3.8, 4) is 0 Å². The molecule has 1 saturated carbocycles. The molecule has 0 bridgehead atoms. The van der Waals surface area contributed by atoms with Crippen LogP contribution >= 0.6 is 0 Å². The zero-order chi connectivity index (χ0) is 12.5. The van der Waals surface area contributed by atoms with Crippen LogP contribution in [0, 0.1) is 5.82 Å². The molecule has 3 heteroatoms. The van der Waals surface area contributed by atoms with Crippen LogP contribution < -0.4 is 5.73 Å². The van der Waals surface area contributed by atoms with E-state index in [4.69, 9.17) is 10.2 Å².